The molecule has 0 aliphatic rings. The molecule has 26 heavy (non-hydrogen) atoms. The van der Waals surface area contributed by atoms with Crippen LogP contribution in [0.15, 0.2) is 42.6 Å². The minimum absolute atomic E-state index is 0.493. The Labute approximate surface area is 150 Å². The Hall–Kier alpha value is -3.68. The fourth-order valence-corrected chi connectivity index (χ4v) is 2.72. The third-order valence-corrected chi connectivity index (χ3v) is 3.95. The number of hydrogen-bond donors (Lipinski definition) is 4. The Morgan fingerprint density at radius 1 is 1.31 bits per heavy atom. The first kappa shape index (κ1) is 17.2. The van der Waals surface area contributed by atoms with Crippen molar-refractivity contribution in [1.29, 1.82) is 5.41 Å². The average Bonchev–Trinajstić information content (AvgIpc) is 2.98. The summed E-state index contributed by atoms with van der Waals surface area (Å²) in [7, 11) is 1.75. The molecule has 0 saturated carbocycles. The van der Waals surface area contributed by atoms with Gasteiger partial charge in [0, 0.05) is 36.1 Å². The average molecular weight is 349 g/mol. The number of urea groups is 1. The quantitative estimate of drug-likeness (QED) is 0.529. The van der Waals surface area contributed by atoms with Crippen LogP contribution >= 0.6 is 0 Å². The number of primary amides is 1. The summed E-state index contributed by atoms with van der Waals surface area (Å²) in [5, 5.41) is 17.8. The molecule has 0 fully saturated rings. The summed E-state index contributed by atoms with van der Waals surface area (Å²) in [5.41, 5.74) is 8.90. The number of carbonyl (C=O) groups is 1. The zero-order chi connectivity index (χ0) is 18.7. The molecule has 0 saturated heterocycles. The van der Waals surface area contributed by atoms with Gasteiger partial charge in [-0.05, 0) is 25.1 Å². The number of benzene rings is 1. The van der Waals surface area contributed by atoms with Crippen molar-refractivity contribution in [2.45, 2.75) is 6.92 Å². The Bertz CT molecular complexity index is 963. The summed E-state index contributed by atoms with van der Waals surface area (Å²) < 4.78 is 1.63. The zero-order valence-electron chi connectivity index (χ0n) is 14.4. The lowest BCUT2D eigenvalue weighted by atomic mass is 10.1. The number of para-hydroxylation sites is 1. The van der Waals surface area contributed by atoms with Crippen LogP contribution in [0.2, 0.25) is 0 Å². The van der Waals surface area contributed by atoms with E-state index in [1.54, 1.807) is 17.9 Å². The van der Waals surface area contributed by atoms with Gasteiger partial charge in [0.1, 0.15) is 11.6 Å². The van der Waals surface area contributed by atoms with E-state index in [2.05, 4.69) is 20.7 Å². The SMILES string of the molecule is CNc1ncc(-c2nn(-c3ccccc3)c(NC(N)=O)c2C)cc1C=N. The number of rotatable bonds is 5. The van der Waals surface area contributed by atoms with Crippen molar-refractivity contribution < 1.29 is 4.79 Å². The Morgan fingerprint density at radius 3 is 2.65 bits per heavy atom. The molecule has 3 rings (SSSR count). The smallest absolute Gasteiger partial charge is 0.317 e. The maximum Gasteiger partial charge on any atom is 0.317 e. The van der Waals surface area contributed by atoms with Crippen molar-refractivity contribution in [2.75, 3.05) is 17.7 Å². The van der Waals surface area contributed by atoms with Gasteiger partial charge in [0.2, 0.25) is 0 Å². The zero-order valence-corrected chi connectivity index (χ0v) is 14.4. The lowest BCUT2D eigenvalue weighted by Crippen LogP contribution is -2.21. The largest absolute Gasteiger partial charge is 0.373 e. The molecule has 132 valence electrons. The minimum atomic E-state index is -0.666. The van der Waals surface area contributed by atoms with E-state index < -0.39 is 6.03 Å². The monoisotopic (exact) mass is 349 g/mol. The molecule has 2 amide bonds. The Balaban J connectivity index is 2.18. The number of nitrogens with two attached hydrogens (primary N) is 1. The second-order valence-corrected chi connectivity index (χ2v) is 5.61. The molecule has 0 spiro atoms. The number of nitrogens with one attached hydrogen (secondary N) is 3. The minimum Gasteiger partial charge on any atom is -0.373 e. The summed E-state index contributed by atoms with van der Waals surface area (Å²) in [4.78, 5) is 15.8. The van der Waals surface area contributed by atoms with Crippen LogP contribution < -0.4 is 16.4 Å². The van der Waals surface area contributed by atoms with Gasteiger partial charge in [0.25, 0.3) is 0 Å². The van der Waals surface area contributed by atoms with Gasteiger partial charge in [0.05, 0.1) is 11.4 Å². The number of pyridine rings is 1. The van der Waals surface area contributed by atoms with Crippen molar-refractivity contribution >= 4 is 23.9 Å². The molecule has 1 aromatic carbocycles. The molecule has 2 aromatic heterocycles. The number of nitrogens with zero attached hydrogens (tertiary/aromatic N) is 3. The lowest BCUT2D eigenvalue weighted by Gasteiger charge is -2.07. The van der Waals surface area contributed by atoms with Crippen LogP contribution in [0.3, 0.4) is 0 Å². The normalized spacial score (nSPS) is 10.4. The number of anilines is 2. The van der Waals surface area contributed by atoms with Crippen LogP contribution in [0.25, 0.3) is 16.9 Å². The van der Waals surface area contributed by atoms with E-state index >= 15 is 0 Å². The number of aromatic nitrogens is 3. The first-order valence-electron chi connectivity index (χ1n) is 7.95. The highest BCUT2D eigenvalue weighted by atomic mass is 16.2. The molecule has 3 aromatic rings. The lowest BCUT2D eigenvalue weighted by molar-refractivity contribution is 0.259. The third-order valence-electron chi connectivity index (χ3n) is 3.95. The molecular formula is C18H19N7O. The van der Waals surface area contributed by atoms with Crippen LogP contribution in [0.5, 0.6) is 0 Å². The van der Waals surface area contributed by atoms with E-state index in [0.29, 0.717) is 22.9 Å². The maximum atomic E-state index is 11.5. The molecule has 0 bridgehead atoms. The van der Waals surface area contributed by atoms with Crippen molar-refractivity contribution in [2.24, 2.45) is 5.73 Å². The van der Waals surface area contributed by atoms with Crippen LogP contribution in [-0.2, 0) is 0 Å². The summed E-state index contributed by atoms with van der Waals surface area (Å²) in [6.45, 7) is 1.85. The number of hydrogen-bond acceptors (Lipinski definition) is 5. The highest BCUT2D eigenvalue weighted by molar-refractivity contribution is 5.90. The molecule has 0 radical (unpaired) electrons. The van der Waals surface area contributed by atoms with Gasteiger partial charge in [-0.1, -0.05) is 18.2 Å². The Morgan fingerprint density at radius 2 is 2.04 bits per heavy atom. The fourth-order valence-electron chi connectivity index (χ4n) is 2.72. The predicted molar refractivity (Wildman–Crippen MR) is 102 cm³/mol. The fraction of sp³-hybridized carbons (Fsp3) is 0.111. The molecule has 5 N–H and O–H groups in total. The highest BCUT2D eigenvalue weighted by Crippen LogP contribution is 2.31. The van der Waals surface area contributed by atoms with Gasteiger partial charge in [-0.2, -0.15) is 5.10 Å². The molecule has 0 unspecified atom stereocenters. The number of carbonyl (C=O) groups excluding carboxylic acids is 1. The van der Waals surface area contributed by atoms with Crippen molar-refractivity contribution in [3.8, 4) is 16.9 Å². The van der Waals surface area contributed by atoms with Gasteiger partial charge in [-0.15, -0.1) is 0 Å². The summed E-state index contributed by atoms with van der Waals surface area (Å²) in [5.74, 6) is 1.10. The maximum absolute atomic E-state index is 11.5. The van der Waals surface area contributed by atoms with Crippen LogP contribution in [0.1, 0.15) is 11.1 Å². The van der Waals surface area contributed by atoms with E-state index in [1.807, 2.05) is 43.3 Å². The molecule has 8 heteroatoms. The van der Waals surface area contributed by atoms with Crippen LogP contribution in [-0.4, -0.2) is 34.1 Å². The topological polar surface area (TPSA) is 122 Å². The second kappa shape index (κ2) is 7.06. The van der Waals surface area contributed by atoms with E-state index in [9.17, 15) is 4.79 Å². The predicted octanol–water partition coefficient (Wildman–Crippen LogP) is 2.77. The molecule has 8 nitrogen and oxygen atoms in total. The van der Waals surface area contributed by atoms with E-state index in [0.717, 1.165) is 16.8 Å². The third kappa shape index (κ3) is 3.12. The summed E-state index contributed by atoms with van der Waals surface area (Å²) in [6.07, 6.45) is 2.91. The molecule has 0 aliphatic carbocycles. The molecular weight excluding hydrogens is 330 g/mol. The van der Waals surface area contributed by atoms with Crippen LogP contribution in [0, 0.1) is 12.3 Å². The van der Waals surface area contributed by atoms with Gasteiger partial charge in [-0.25, -0.2) is 14.5 Å². The summed E-state index contributed by atoms with van der Waals surface area (Å²) in [6, 6.07) is 10.6. The summed E-state index contributed by atoms with van der Waals surface area (Å²) >= 11 is 0. The van der Waals surface area contributed by atoms with E-state index in [4.69, 9.17) is 11.1 Å². The van der Waals surface area contributed by atoms with Gasteiger partial charge in [-0.3, -0.25) is 5.32 Å². The highest BCUT2D eigenvalue weighted by Gasteiger charge is 2.19. The first-order valence-corrected chi connectivity index (χ1v) is 7.95. The standard InChI is InChI=1S/C18H19N7O/c1-11-15(13-8-12(9-19)16(21-2)22-10-13)24-25(17(11)23-18(20)26)14-6-4-3-5-7-14/h3-10,19H,1-2H3,(H,21,22)(H3,20,23,26). The van der Waals surface area contributed by atoms with E-state index in [-0.39, 0.29) is 0 Å². The molecule has 0 aliphatic heterocycles. The van der Waals surface area contributed by atoms with Gasteiger partial charge >= 0.3 is 6.03 Å². The van der Waals surface area contributed by atoms with Gasteiger partial charge < -0.3 is 16.5 Å². The van der Waals surface area contributed by atoms with Gasteiger partial charge in [0.15, 0.2) is 0 Å². The Kier molecular flexibility index (Phi) is 4.66. The van der Waals surface area contributed by atoms with Crippen molar-refractivity contribution in [3.63, 3.8) is 0 Å². The molecule has 0 atom stereocenters. The second-order valence-electron chi connectivity index (χ2n) is 5.61. The molecule has 2 heterocycles. The van der Waals surface area contributed by atoms with Crippen LogP contribution in [0.4, 0.5) is 16.4 Å². The first-order chi connectivity index (χ1) is 12.5. The number of amides is 2. The van der Waals surface area contributed by atoms with Crippen molar-refractivity contribution in [1.82, 2.24) is 14.8 Å². The van der Waals surface area contributed by atoms with Crippen molar-refractivity contribution in [3.05, 3.63) is 53.7 Å². The van der Waals surface area contributed by atoms with E-state index in [1.165, 1.54) is 6.21 Å².